The molecule has 0 aliphatic carbocycles. The third-order valence-electron chi connectivity index (χ3n) is 3.66. The van der Waals surface area contributed by atoms with Crippen LogP contribution in [0, 0.1) is 11.3 Å². The van der Waals surface area contributed by atoms with E-state index >= 15 is 0 Å². The van der Waals surface area contributed by atoms with E-state index in [4.69, 9.17) is 16.3 Å². The molecule has 0 spiro atoms. The van der Waals surface area contributed by atoms with E-state index in [2.05, 4.69) is 6.07 Å². The Morgan fingerprint density at radius 1 is 1.23 bits per heavy atom. The summed E-state index contributed by atoms with van der Waals surface area (Å²) in [7, 11) is 0. The fourth-order valence-electron chi connectivity index (χ4n) is 2.62. The van der Waals surface area contributed by atoms with Crippen molar-refractivity contribution in [1.29, 1.82) is 5.26 Å². The predicted octanol–water partition coefficient (Wildman–Crippen LogP) is 5.75. The fourth-order valence-corrected chi connectivity index (χ4v) is 3.83. The van der Waals surface area contributed by atoms with Crippen molar-refractivity contribution in [3.05, 3.63) is 51.9 Å². The maximum Gasteiger partial charge on any atom is 0.342 e. The van der Waals surface area contributed by atoms with Crippen molar-refractivity contribution in [2.75, 3.05) is 0 Å². The molecule has 1 aromatic heterocycles. The summed E-state index contributed by atoms with van der Waals surface area (Å²) < 4.78 is 6.81. The molecule has 0 bridgehead atoms. The lowest BCUT2D eigenvalue weighted by molar-refractivity contribution is 0.00669. The van der Waals surface area contributed by atoms with Gasteiger partial charge in [0.15, 0.2) is 0 Å². The quantitative estimate of drug-likeness (QED) is 0.570. The van der Waals surface area contributed by atoms with Crippen molar-refractivity contribution in [3.63, 3.8) is 0 Å². The zero-order valence-electron chi connectivity index (χ0n) is 14.5. The second-order valence-electron chi connectivity index (χ2n) is 6.83. The van der Waals surface area contributed by atoms with Gasteiger partial charge in [0.05, 0.1) is 16.0 Å². The van der Waals surface area contributed by atoms with Crippen molar-refractivity contribution < 1.29 is 14.6 Å². The molecular weight excluding hydrogens is 370 g/mol. The number of benzene rings is 2. The minimum Gasteiger partial charge on any atom is -0.507 e. The molecule has 1 heterocycles. The molecule has 1 N–H and O–H groups in total. The van der Waals surface area contributed by atoms with Crippen molar-refractivity contribution >= 4 is 39.0 Å². The number of esters is 1. The van der Waals surface area contributed by atoms with Gasteiger partial charge in [0, 0.05) is 10.1 Å². The maximum atomic E-state index is 12.2. The van der Waals surface area contributed by atoms with E-state index in [0.29, 0.717) is 15.5 Å². The summed E-state index contributed by atoms with van der Waals surface area (Å²) in [6.45, 7) is 5.29. The molecule has 0 fully saturated rings. The van der Waals surface area contributed by atoms with E-state index in [1.807, 2.05) is 6.07 Å². The highest BCUT2D eigenvalue weighted by molar-refractivity contribution is 7.22. The second kappa shape index (κ2) is 6.64. The van der Waals surface area contributed by atoms with Crippen LogP contribution in [-0.4, -0.2) is 16.7 Å². The van der Waals surface area contributed by atoms with Crippen molar-refractivity contribution in [3.8, 4) is 22.9 Å². The number of aromatic hydroxyl groups is 1. The molecule has 6 heteroatoms. The lowest BCUT2D eigenvalue weighted by Crippen LogP contribution is -2.23. The Labute approximate surface area is 160 Å². The summed E-state index contributed by atoms with van der Waals surface area (Å²) in [6, 6.07) is 12.2. The number of nitriles is 1. The van der Waals surface area contributed by atoms with Crippen LogP contribution in [0.5, 0.6) is 5.75 Å². The normalized spacial score (nSPS) is 11.3. The highest BCUT2D eigenvalue weighted by Crippen LogP contribution is 2.38. The van der Waals surface area contributed by atoms with Crippen LogP contribution in [-0.2, 0) is 4.74 Å². The standard InChI is InChI=1S/C20H16ClNO3S/c1-20(2,3)25-19(24)13-5-4-12(8-16(13)23)14-6-11(10-22)7-17-15(14)9-18(21)26-17/h4-9,23H,1-3H3. The maximum absolute atomic E-state index is 12.2. The van der Waals surface area contributed by atoms with Gasteiger partial charge in [0.2, 0.25) is 0 Å². The van der Waals surface area contributed by atoms with Gasteiger partial charge in [0.1, 0.15) is 16.9 Å². The number of hydrogen-bond donors (Lipinski definition) is 1. The minimum atomic E-state index is -0.650. The summed E-state index contributed by atoms with van der Waals surface area (Å²) in [6.07, 6.45) is 0. The minimum absolute atomic E-state index is 0.0970. The summed E-state index contributed by atoms with van der Waals surface area (Å²) in [5.74, 6) is -0.760. The van der Waals surface area contributed by atoms with Gasteiger partial charge in [-0.3, -0.25) is 0 Å². The zero-order chi connectivity index (χ0) is 19.1. The molecule has 0 radical (unpaired) electrons. The van der Waals surface area contributed by atoms with Crippen molar-refractivity contribution in [2.24, 2.45) is 0 Å². The molecule has 0 saturated carbocycles. The van der Waals surface area contributed by atoms with Crippen LogP contribution in [0.4, 0.5) is 0 Å². The molecule has 4 nitrogen and oxygen atoms in total. The first-order chi connectivity index (χ1) is 12.2. The predicted molar refractivity (Wildman–Crippen MR) is 104 cm³/mol. The van der Waals surface area contributed by atoms with Gasteiger partial charge >= 0.3 is 5.97 Å². The highest BCUT2D eigenvalue weighted by atomic mass is 35.5. The Morgan fingerprint density at radius 2 is 1.96 bits per heavy atom. The topological polar surface area (TPSA) is 70.3 Å². The fraction of sp³-hybridized carbons (Fsp3) is 0.200. The average Bonchev–Trinajstić information content (AvgIpc) is 2.91. The SMILES string of the molecule is CC(C)(C)OC(=O)c1ccc(-c2cc(C#N)cc3sc(Cl)cc23)cc1O. The summed E-state index contributed by atoms with van der Waals surface area (Å²) in [5.41, 5.74) is 1.41. The average molecular weight is 386 g/mol. The molecule has 132 valence electrons. The molecule has 3 aromatic rings. The van der Waals surface area contributed by atoms with Gasteiger partial charge in [0.25, 0.3) is 0 Å². The van der Waals surface area contributed by atoms with E-state index < -0.39 is 11.6 Å². The van der Waals surface area contributed by atoms with Crippen molar-refractivity contribution in [2.45, 2.75) is 26.4 Å². The number of phenols is 1. The molecule has 0 aliphatic heterocycles. The van der Waals surface area contributed by atoms with Crippen molar-refractivity contribution in [1.82, 2.24) is 0 Å². The largest absolute Gasteiger partial charge is 0.507 e. The van der Waals surface area contributed by atoms with Crippen LogP contribution in [0.1, 0.15) is 36.7 Å². The molecule has 0 atom stereocenters. The van der Waals surface area contributed by atoms with Gasteiger partial charge in [-0.2, -0.15) is 5.26 Å². The number of nitrogens with zero attached hydrogens (tertiary/aromatic N) is 1. The first kappa shape index (κ1) is 18.2. The Hall–Kier alpha value is -2.55. The molecular formula is C20H16ClNO3S. The number of phenolic OH excluding ortho intramolecular Hbond substituents is 1. The van der Waals surface area contributed by atoms with Crippen LogP contribution in [0.2, 0.25) is 4.34 Å². The summed E-state index contributed by atoms with van der Waals surface area (Å²) in [4.78, 5) is 12.2. The van der Waals surface area contributed by atoms with Crippen LogP contribution in [0.15, 0.2) is 36.4 Å². The van der Waals surface area contributed by atoms with Crippen LogP contribution < -0.4 is 0 Å². The van der Waals surface area contributed by atoms with Gasteiger partial charge in [-0.25, -0.2) is 4.79 Å². The van der Waals surface area contributed by atoms with Crippen LogP contribution >= 0.6 is 22.9 Å². The number of halogens is 1. The van der Waals surface area contributed by atoms with Crippen LogP contribution in [0.3, 0.4) is 0 Å². The molecule has 0 aliphatic rings. The van der Waals surface area contributed by atoms with Gasteiger partial charge < -0.3 is 9.84 Å². The molecule has 2 aromatic carbocycles. The highest BCUT2D eigenvalue weighted by Gasteiger charge is 2.21. The Morgan fingerprint density at radius 3 is 2.58 bits per heavy atom. The third kappa shape index (κ3) is 3.67. The first-order valence-corrected chi connectivity index (χ1v) is 9.07. The smallest absolute Gasteiger partial charge is 0.342 e. The van der Waals surface area contributed by atoms with Crippen LogP contribution in [0.25, 0.3) is 21.2 Å². The lowest BCUT2D eigenvalue weighted by Gasteiger charge is -2.20. The molecule has 0 saturated heterocycles. The number of hydrogen-bond acceptors (Lipinski definition) is 5. The number of fused-ring (bicyclic) bond motifs is 1. The van der Waals surface area contributed by atoms with E-state index in [1.54, 1.807) is 39.0 Å². The number of thiophene rings is 1. The van der Waals surface area contributed by atoms with Gasteiger partial charge in [-0.15, -0.1) is 11.3 Å². The third-order valence-corrected chi connectivity index (χ3v) is 4.88. The number of carbonyl (C=O) groups excluding carboxylic acids is 1. The lowest BCUT2D eigenvalue weighted by atomic mass is 9.98. The van der Waals surface area contributed by atoms with E-state index in [9.17, 15) is 15.2 Å². The Kier molecular flexibility index (Phi) is 4.66. The molecule has 0 unspecified atom stereocenters. The number of ether oxygens (including phenoxy) is 1. The first-order valence-electron chi connectivity index (χ1n) is 7.88. The zero-order valence-corrected chi connectivity index (χ0v) is 16.0. The van der Waals surface area contributed by atoms with E-state index in [-0.39, 0.29) is 11.3 Å². The molecule has 3 rings (SSSR count). The molecule has 26 heavy (non-hydrogen) atoms. The summed E-state index contributed by atoms with van der Waals surface area (Å²) >= 11 is 7.51. The number of carbonyl (C=O) groups is 1. The van der Waals surface area contributed by atoms with E-state index in [1.165, 1.54) is 23.5 Å². The molecule has 0 amide bonds. The monoisotopic (exact) mass is 385 g/mol. The second-order valence-corrected chi connectivity index (χ2v) is 8.55. The van der Waals surface area contributed by atoms with Gasteiger partial charge in [-0.05, 0) is 62.2 Å². The summed E-state index contributed by atoms with van der Waals surface area (Å²) in [5, 5.41) is 20.5. The number of rotatable bonds is 2. The van der Waals surface area contributed by atoms with E-state index in [0.717, 1.165) is 15.6 Å². The van der Waals surface area contributed by atoms with Gasteiger partial charge in [-0.1, -0.05) is 17.7 Å². The Bertz CT molecular complexity index is 1060. The Balaban J connectivity index is 2.09.